The van der Waals surface area contributed by atoms with Gasteiger partial charge in [0.1, 0.15) is 0 Å². The number of urea groups is 1. The SMILES string of the molecule is CCO[Si](CCCNC(=O)NCCOCCOC)(OCC)OCC. The van der Waals surface area contributed by atoms with Crippen molar-refractivity contribution in [2.24, 2.45) is 0 Å². The lowest BCUT2D eigenvalue weighted by atomic mass is 10.5. The molecule has 0 rings (SSSR count). The third-order valence-corrected chi connectivity index (χ3v) is 6.15. The number of nitrogens with one attached hydrogen (secondary N) is 2. The highest BCUT2D eigenvalue weighted by Gasteiger charge is 2.39. The predicted octanol–water partition coefficient (Wildman–Crippen LogP) is 1.39. The van der Waals surface area contributed by atoms with Crippen LogP contribution in [0.1, 0.15) is 27.2 Å². The second-order valence-electron chi connectivity index (χ2n) is 4.87. The van der Waals surface area contributed by atoms with Crippen molar-refractivity contribution in [1.29, 1.82) is 0 Å². The number of carbonyl (C=O) groups excluding carboxylic acids is 1. The highest BCUT2D eigenvalue weighted by Crippen LogP contribution is 2.17. The second kappa shape index (κ2) is 15.8. The topological polar surface area (TPSA) is 87.3 Å². The van der Waals surface area contributed by atoms with Gasteiger partial charge in [-0.1, -0.05) is 0 Å². The maximum atomic E-state index is 11.6. The molecule has 0 aliphatic rings. The Morgan fingerprint density at radius 3 is 2.00 bits per heavy atom. The Hall–Kier alpha value is -0.713. The van der Waals surface area contributed by atoms with Gasteiger partial charge in [0, 0.05) is 46.1 Å². The Bertz CT molecular complexity index is 293. The van der Waals surface area contributed by atoms with E-state index in [1.807, 2.05) is 20.8 Å². The molecule has 0 aromatic heterocycles. The molecule has 0 heterocycles. The zero-order chi connectivity index (χ0) is 18.1. The third kappa shape index (κ3) is 11.8. The molecule has 0 aromatic rings. The van der Waals surface area contributed by atoms with Crippen molar-refractivity contribution in [3.63, 3.8) is 0 Å². The number of amides is 2. The minimum Gasteiger partial charge on any atom is -0.382 e. The normalized spacial score (nSPS) is 11.5. The highest BCUT2D eigenvalue weighted by atomic mass is 28.4. The van der Waals surface area contributed by atoms with Crippen molar-refractivity contribution in [1.82, 2.24) is 10.6 Å². The molecule has 0 aliphatic heterocycles. The van der Waals surface area contributed by atoms with E-state index in [0.717, 1.165) is 6.42 Å². The average Bonchev–Trinajstić information content (AvgIpc) is 2.56. The molecule has 0 bridgehead atoms. The van der Waals surface area contributed by atoms with E-state index in [-0.39, 0.29) is 6.03 Å². The molecule has 8 nitrogen and oxygen atoms in total. The molecule has 0 saturated heterocycles. The average molecular weight is 367 g/mol. The minimum absolute atomic E-state index is 0.207. The number of ether oxygens (including phenoxy) is 2. The fourth-order valence-corrected chi connectivity index (χ4v) is 4.66. The number of carbonyl (C=O) groups is 1. The summed E-state index contributed by atoms with van der Waals surface area (Å²) >= 11 is 0. The number of rotatable bonds is 16. The van der Waals surface area contributed by atoms with Crippen molar-refractivity contribution in [3.05, 3.63) is 0 Å². The van der Waals surface area contributed by atoms with Crippen molar-refractivity contribution >= 4 is 14.8 Å². The smallest absolute Gasteiger partial charge is 0.382 e. The van der Waals surface area contributed by atoms with Gasteiger partial charge >= 0.3 is 14.8 Å². The molecule has 2 amide bonds. The summed E-state index contributed by atoms with van der Waals surface area (Å²) in [5.41, 5.74) is 0. The first-order chi connectivity index (χ1) is 11.6. The Morgan fingerprint density at radius 2 is 1.46 bits per heavy atom. The van der Waals surface area contributed by atoms with Crippen LogP contribution in [0, 0.1) is 0 Å². The van der Waals surface area contributed by atoms with Gasteiger partial charge in [0.2, 0.25) is 0 Å². The summed E-state index contributed by atoms with van der Waals surface area (Å²) in [6.07, 6.45) is 0.740. The van der Waals surface area contributed by atoms with E-state index in [1.54, 1.807) is 7.11 Å². The van der Waals surface area contributed by atoms with Crippen LogP contribution < -0.4 is 10.6 Å². The van der Waals surface area contributed by atoms with E-state index in [4.69, 9.17) is 22.8 Å². The van der Waals surface area contributed by atoms with Crippen LogP contribution in [0.5, 0.6) is 0 Å². The van der Waals surface area contributed by atoms with Crippen molar-refractivity contribution in [2.75, 3.05) is 59.8 Å². The van der Waals surface area contributed by atoms with Gasteiger partial charge in [0.25, 0.3) is 0 Å². The quantitative estimate of drug-likeness (QED) is 0.317. The number of methoxy groups -OCH3 is 1. The number of hydrogen-bond acceptors (Lipinski definition) is 6. The summed E-state index contributed by atoms with van der Waals surface area (Å²) in [6, 6.07) is 0.477. The zero-order valence-corrected chi connectivity index (χ0v) is 16.5. The first-order valence-corrected chi connectivity index (χ1v) is 10.6. The van der Waals surface area contributed by atoms with Crippen molar-refractivity contribution < 1.29 is 27.5 Å². The van der Waals surface area contributed by atoms with Gasteiger partial charge in [-0.25, -0.2) is 4.79 Å². The Morgan fingerprint density at radius 1 is 0.875 bits per heavy atom. The van der Waals surface area contributed by atoms with Crippen LogP contribution in [0.15, 0.2) is 0 Å². The van der Waals surface area contributed by atoms with E-state index in [2.05, 4.69) is 10.6 Å². The van der Waals surface area contributed by atoms with Gasteiger partial charge in [-0.15, -0.1) is 0 Å². The van der Waals surface area contributed by atoms with E-state index in [0.29, 0.717) is 58.8 Å². The lowest BCUT2D eigenvalue weighted by molar-refractivity contribution is 0.0707. The monoisotopic (exact) mass is 366 g/mol. The van der Waals surface area contributed by atoms with E-state index < -0.39 is 8.80 Å². The Balaban J connectivity index is 3.87. The van der Waals surface area contributed by atoms with Gasteiger partial charge in [0.05, 0.1) is 19.8 Å². The first-order valence-electron chi connectivity index (χ1n) is 8.64. The van der Waals surface area contributed by atoms with Gasteiger partial charge in [0.15, 0.2) is 0 Å². The van der Waals surface area contributed by atoms with Gasteiger partial charge in [-0.2, -0.15) is 0 Å². The summed E-state index contributed by atoms with van der Waals surface area (Å²) in [6.45, 7) is 10.0. The summed E-state index contributed by atoms with van der Waals surface area (Å²) in [7, 11) is -0.995. The molecule has 0 fully saturated rings. The number of hydrogen-bond donors (Lipinski definition) is 2. The van der Waals surface area contributed by atoms with Crippen LogP contribution in [0.2, 0.25) is 6.04 Å². The van der Waals surface area contributed by atoms with E-state index in [1.165, 1.54) is 0 Å². The lowest BCUT2D eigenvalue weighted by Gasteiger charge is -2.28. The molecule has 0 atom stereocenters. The van der Waals surface area contributed by atoms with Crippen LogP contribution in [0.4, 0.5) is 4.79 Å². The van der Waals surface area contributed by atoms with E-state index >= 15 is 0 Å². The standard InChI is InChI=1S/C15H34N2O6Si/c1-5-21-24(22-6-2,23-7-3)14-8-9-16-15(18)17-10-11-20-13-12-19-4/h5-14H2,1-4H3,(H2,16,17,18). The molecule has 24 heavy (non-hydrogen) atoms. The maximum absolute atomic E-state index is 11.6. The van der Waals surface area contributed by atoms with Crippen LogP contribution in [-0.4, -0.2) is 74.7 Å². The van der Waals surface area contributed by atoms with Gasteiger partial charge in [-0.3, -0.25) is 0 Å². The first kappa shape index (κ1) is 23.3. The highest BCUT2D eigenvalue weighted by molar-refractivity contribution is 6.60. The second-order valence-corrected chi connectivity index (χ2v) is 7.61. The fourth-order valence-electron chi connectivity index (χ4n) is 2.05. The molecule has 0 spiro atoms. The molecule has 0 aromatic carbocycles. The molecular weight excluding hydrogens is 332 g/mol. The van der Waals surface area contributed by atoms with Crippen LogP contribution >= 0.6 is 0 Å². The molecule has 9 heteroatoms. The largest absolute Gasteiger partial charge is 0.500 e. The van der Waals surface area contributed by atoms with Crippen LogP contribution in [0.3, 0.4) is 0 Å². The molecule has 144 valence electrons. The summed E-state index contributed by atoms with van der Waals surface area (Å²) < 4.78 is 27.4. The molecule has 0 unspecified atom stereocenters. The molecule has 0 radical (unpaired) electrons. The fraction of sp³-hybridized carbons (Fsp3) is 0.933. The molecular formula is C15H34N2O6Si. The van der Waals surface area contributed by atoms with E-state index in [9.17, 15) is 4.79 Å². The Labute approximate surface area is 146 Å². The Kier molecular flexibility index (Phi) is 15.3. The maximum Gasteiger partial charge on any atom is 0.500 e. The summed E-state index contributed by atoms with van der Waals surface area (Å²) in [5.74, 6) is 0. The molecule has 0 saturated carbocycles. The third-order valence-electron chi connectivity index (χ3n) is 3.00. The predicted molar refractivity (Wildman–Crippen MR) is 94.2 cm³/mol. The minimum atomic E-state index is -2.62. The van der Waals surface area contributed by atoms with Crippen LogP contribution in [0.25, 0.3) is 0 Å². The van der Waals surface area contributed by atoms with Crippen molar-refractivity contribution in [3.8, 4) is 0 Å². The lowest BCUT2D eigenvalue weighted by Crippen LogP contribution is -2.46. The zero-order valence-electron chi connectivity index (χ0n) is 15.5. The van der Waals surface area contributed by atoms with Crippen LogP contribution in [-0.2, 0) is 22.8 Å². The molecule has 2 N–H and O–H groups in total. The molecule has 0 aliphatic carbocycles. The summed E-state index contributed by atoms with van der Waals surface area (Å²) in [4.78, 5) is 11.6. The van der Waals surface area contributed by atoms with Gasteiger partial charge in [-0.05, 0) is 27.2 Å². The van der Waals surface area contributed by atoms with Crippen molar-refractivity contribution in [2.45, 2.75) is 33.2 Å². The summed E-state index contributed by atoms with van der Waals surface area (Å²) in [5, 5.41) is 5.54. The van der Waals surface area contributed by atoms with Gasteiger partial charge < -0.3 is 33.4 Å².